The van der Waals surface area contributed by atoms with Crippen molar-refractivity contribution < 1.29 is 24.0 Å². The number of rotatable bonds is 6. The molecule has 0 spiro atoms. The second-order valence-corrected chi connectivity index (χ2v) is 7.05. The summed E-state index contributed by atoms with van der Waals surface area (Å²) in [6.07, 6.45) is 0.775. The molecule has 0 radical (unpaired) electrons. The molecule has 1 fully saturated rings. The molecule has 2 rings (SSSR count). The predicted octanol–water partition coefficient (Wildman–Crippen LogP) is 2.22. The fraction of sp³-hybridized carbons (Fsp3) is 0.526. The number of carbonyl (C=O) groups is 3. The van der Waals surface area contributed by atoms with Gasteiger partial charge in [-0.3, -0.25) is 20.2 Å². The van der Waals surface area contributed by atoms with Gasteiger partial charge in [-0.15, -0.1) is 0 Å². The molecule has 158 valence electrons. The molecule has 1 aromatic rings. The number of amides is 3. The first kappa shape index (κ1) is 22.1. The van der Waals surface area contributed by atoms with E-state index in [1.807, 2.05) is 10.2 Å². The SMILES string of the molecule is CCNC(=O)NC(=O)[C@H](C)OC(=O)c1ccc(N2CCC[C@H](C)C2)c([N+](=O)[O-])c1. The smallest absolute Gasteiger partial charge is 0.339 e. The molecule has 3 amide bonds. The van der Waals surface area contributed by atoms with Gasteiger partial charge in [0.15, 0.2) is 6.10 Å². The third-order valence-electron chi connectivity index (χ3n) is 4.63. The molecule has 1 heterocycles. The Hall–Kier alpha value is -3.17. The molecule has 2 N–H and O–H groups in total. The second-order valence-electron chi connectivity index (χ2n) is 7.05. The lowest BCUT2D eigenvalue weighted by molar-refractivity contribution is -0.384. The molecular weight excluding hydrogens is 380 g/mol. The minimum absolute atomic E-state index is 0.0387. The largest absolute Gasteiger partial charge is 0.449 e. The number of imide groups is 1. The quantitative estimate of drug-likeness (QED) is 0.421. The van der Waals surface area contributed by atoms with Crippen LogP contribution in [0.1, 0.15) is 44.0 Å². The van der Waals surface area contributed by atoms with Crippen LogP contribution in [0.15, 0.2) is 18.2 Å². The number of nitro groups is 1. The minimum Gasteiger partial charge on any atom is -0.449 e. The highest BCUT2D eigenvalue weighted by atomic mass is 16.6. The van der Waals surface area contributed by atoms with Crippen molar-refractivity contribution in [1.29, 1.82) is 0 Å². The molecule has 1 aliphatic rings. The monoisotopic (exact) mass is 406 g/mol. The lowest BCUT2D eigenvalue weighted by Gasteiger charge is -2.32. The molecule has 10 heteroatoms. The summed E-state index contributed by atoms with van der Waals surface area (Å²) in [7, 11) is 0. The van der Waals surface area contributed by atoms with E-state index in [1.54, 1.807) is 6.92 Å². The normalized spacial score (nSPS) is 17.2. The number of nitro benzene ring substituents is 1. The average molecular weight is 406 g/mol. The lowest BCUT2D eigenvalue weighted by Crippen LogP contribution is -2.44. The maximum absolute atomic E-state index is 12.3. The van der Waals surface area contributed by atoms with Crippen molar-refractivity contribution >= 4 is 29.3 Å². The highest BCUT2D eigenvalue weighted by Gasteiger charge is 2.27. The fourth-order valence-corrected chi connectivity index (χ4v) is 3.17. The van der Waals surface area contributed by atoms with Crippen molar-refractivity contribution in [1.82, 2.24) is 10.6 Å². The zero-order chi connectivity index (χ0) is 21.6. The lowest BCUT2D eigenvalue weighted by atomic mass is 9.99. The number of benzene rings is 1. The van der Waals surface area contributed by atoms with Crippen LogP contribution in [0, 0.1) is 16.0 Å². The van der Waals surface area contributed by atoms with Gasteiger partial charge >= 0.3 is 12.0 Å². The number of esters is 1. The van der Waals surface area contributed by atoms with E-state index in [9.17, 15) is 24.5 Å². The van der Waals surface area contributed by atoms with Gasteiger partial charge in [-0.1, -0.05) is 6.92 Å². The third kappa shape index (κ3) is 5.90. The van der Waals surface area contributed by atoms with E-state index in [0.717, 1.165) is 18.9 Å². The third-order valence-corrected chi connectivity index (χ3v) is 4.63. The summed E-state index contributed by atoms with van der Waals surface area (Å²) in [5.74, 6) is -1.25. The number of nitrogens with zero attached hydrogens (tertiary/aromatic N) is 2. The molecule has 29 heavy (non-hydrogen) atoms. The van der Waals surface area contributed by atoms with Crippen LogP contribution < -0.4 is 15.5 Å². The summed E-state index contributed by atoms with van der Waals surface area (Å²) in [5, 5.41) is 16.0. The van der Waals surface area contributed by atoms with Gasteiger partial charge in [-0.25, -0.2) is 9.59 Å². The van der Waals surface area contributed by atoms with Crippen LogP contribution in [0.3, 0.4) is 0 Å². The van der Waals surface area contributed by atoms with Crippen molar-refractivity contribution in [2.75, 3.05) is 24.5 Å². The number of ether oxygens (including phenoxy) is 1. The zero-order valence-electron chi connectivity index (χ0n) is 16.8. The molecule has 1 saturated heterocycles. The Morgan fingerprint density at radius 3 is 2.72 bits per heavy atom. The van der Waals surface area contributed by atoms with Crippen molar-refractivity contribution in [3.05, 3.63) is 33.9 Å². The number of urea groups is 1. The van der Waals surface area contributed by atoms with Crippen LogP contribution >= 0.6 is 0 Å². The fourth-order valence-electron chi connectivity index (χ4n) is 3.17. The molecule has 0 aromatic heterocycles. The first-order chi connectivity index (χ1) is 13.7. The van der Waals surface area contributed by atoms with Crippen LogP contribution in [-0.2, 0) is 9.53 Å². The molecule has 0 unspecified atom stereocenters. The van der Waals surface area contributed by atoms with E-state index in [0.29, 0.717) is 31.2 Å². The Morgan fingerprint density at radius 2 is 2.10 bits per heavy atom. The first-order valence-electron chi connectivity index (χ1n) is 9.56. The summed E-state index contributed by atoms with van der Waals surface area (Å²) in [5.41, 5.74) is 0.233. The highest BCUT2D eigenvalue weighted by molar-refractivity contribution is 5.98. The molecule has 10 nitrogen and oxygen atoms in total. The van der Waals surface area contributed by atoms with Gasteiger partial charge in [0.1, 0.15) is 5.69 Å². The summed E-state index contributed by atoms with van der Waals surface area (Å²) in [6, 6.07) is 3.44. The van der Waals surface area contributed by atoms with Gasteiger partial charge < -0.3 is 15.0 Å². The van der Waals surface area contributed by atoms with E-state index in [-0.39, 0.29) is 11.3 Å². The summed E-state index contributed by atoms with van der Waals surface area (Å²) >= 11 is 0. The predicted molar refractivity (Wildman–Crippen MR) is 106 cm³/mol. The number of hydrogen-bond acceptors (Lipinski definition) is 7. The van der Waals surface area contributed by atoms with Gasteiger partial charge in [0.2, 0.25) is 0 Å². The van der Waals surface area contributed by atoms with E-state index >= 15 is 0 Å². The Kier molecular flexibility index (Phi) is 7.52. The number of carbonyl (C=O) groups excluding carboxylic acids is 3. The van der Waals surface area contributed by atoms with Crippen molar-refractivity contribution in [3.63, 3.8) is 0 Å². The van der Waals surface area contributed by atoms with Gasteiger partial charge in [0.05, 0.1) is 10.5 Å². The molecule has 1 aliphatic heterocycles. The second kappa shape index (κ2) is 9.85. The minimum atomic E-state index is -1.24. The van der Waals surface area contributed by atoms with Gasteiger partial charge in [0, 0.05) is 25.7 Å². The molecule has 1 aromatic carbocycles. The molecular formula is C19H26N4O6. The molecule has 0 saturated carbocycles. The Bertz CT molecular complexity index is 797. The van der Waals surface area contributed by atoms with Gasteiger partial charge in [-0.05, 0) is 44.7 Å². The zero-order valence-corrected chi connectivity index (χ0v) is 16.8. The van der Waals surface area contributed by atoms with Crippen molar-refractivity contribution in [2.24, 2.45) is 5.92 Å². The van der Waals surface area contributed by atoms with Gasteiger partial charge in [-0.2, -0.15) is 0 Å². The number of nitrogens with one attached hydrogen (secondary N) is 2. The Balaban J connectivity index is 2.12. The maximum atomic E-state index is 12.3. The molecule has 0 aliphatic carbocycles. The highest BCUT2D eigenvalue weighted by Crippen LogP contribution is 2.32. The van der Waals surface area contributed by atoms with E-state index < -0.39 is 28.9 Å². The maximum Gasteiger partial charge on any atom is 0.339 e. The number of hydrogen-bond donors (Lipinski definition) is 2. The summed E-state index contributed by atoms with van der Waals surface area (Å²) in [6.45, 7) is 6.85. The molecule has 2 atom stereocenters. The standard InChI is InChI=1S/C19H26N4O6/c1-4-20-19(26)21-17(24)13(3)29-18(25)14-7-8-15(16(10-14)23(27)28)22-9-5-6-12(2)11-22/h7-8,10,12-13H,4-6,9,11H2,1-3H3,(H2,20,21,24,26)/t12-,13-/m0/s1. The van der Waals surface area contributed by atoms with Crippen molar-refractivity contribution in [3.8, 4) is 0 Å². The van der Waals surface area contributed by atoms with Crippen LogP contribution in [-0.4, -0.2) is 48.6 Å². The molecule has 0 bridgehead atoms. The van der Waals surface area contributed by atoms with E-state index in [1.165, 1.54) is 19.1 Å². The topological polar surface area (TPSA) is 131 Å². The Morgan fingerprint density at radius 1 is 1.38 bits per heavy atom. The van der Waals surface area contributed by atoms with Gasteiger partial charge in [0.25, 0.3) is 11.6 Å². The number of piperidine rings is 1. The Labute approximate surface area is 168 Å². The van der Waals surface area contributed by atoms with E-state index in [4.69, 9.17) is 4.74 Å². The summed E-state index contributed by atoms with van der Waals surface area (Å²) < 4.78 is 5.05. The average Bonchev–Trinajstić information content (AvgIpc) is 2.67. The van der Waals surface area contributed by atoms with Crippen LogP contribution in [0.2, 0.25) is 0 Å². The number of anilines is 1. The summed E-state index contributed by atoms with van der Waals surface area (Å²) in [4.78, 5) is 48.6. The van der Waals surface area contributed by atoms with E-state index in [2.05, 4.69) is 12.2 Å². The first-order valence-corrected chi connectivity index (χ1v) is 9.56. The van der Waals surface area contributed by atoms with Crippen LogP contribution in [0.4, 0.5) is 16.2 Å². The van der Waals surface area contributed by atoms with Crippen LogP contribution in [0.25, 0.3) is 0 Å². The van der Waals surface area contributed by atoms with Crippen LogP contribution in [0.5, 0.6) is 0 Å². The van der Waals surface area contributed by atoms with Crippen molar-refractivity contribution in [2.45, 2.75) is 39.7 Å².